The van der Waals surface area contributed by atoms with Gasteiger partial charge in [-0.05, 0) is 37.9 Å². The van der Waals surface area contributed by atoms with Crippen molar-refractivity contribution < 1.29 is 0 Å². The van der Waals surface area contributed by atoms with E-state index in [2.05, 4.69) is 34.8 Å². The van der Waals surface area contributed by atoms with Crippen molar-refractivity contribution in [2.24, 2.45) is 0 Å². The normalized spacial score (nSPS) is 21.5. The quantitative estimate of drug-likeness (QED) is 0.878. The van der Waals surface area contributed by atoms with Crippen molar-refractivity contribution in [2.75, 3.05) is 20.1 Å². The molecule has 2 heterocycles. The zero-order valence-electron chi connectivity index (χ0n) is 9.11. The van der Waals surface area contributed by atoms with Crippen LogP contribution in [0, 0.1) is 0 Å². The second kappa shape index (κ2) is 6.48. The van der Waals surface area contributed by atoms with Crippen molar-refractivity contribution in [3.05, 3.63) is 22.4 Å². The molecule has 2 nitrogen and oxygen atoms in total. The van der Waals surface area contributed by atoms with E-state index in [0.29, 0.717) is 0 Å². The smallest absolute Gasteiger partial charge is 0.0300 e. The molecule has 0 radical (unpaired) electrons. The van der Waals surface area contributed by atoms with E-state index < -0.39 is 0 Å². The number of hydrogen-bond donors (Lipinski definition) is 1. The van der Waals surface area contributed by atoms with Crippen LogP contribution in [0.4, 0.5) is 0 Å². The monoisotopic (exact) mass is 246 g/mol. The lowest BCUT2D eigenvalue weighted by Gasteiger charge is -2.19. The van der Waals surface area contributed by atoms with Crippen LogP contribution in [0.5, 0.6) is 0 Å². The zero-order valence-corrected chi connectivity index (χ0v) is 10.7. The summed E-state index contributed by atoms with van der Waals surface area (Å²) < 4.78 is 0. The standard InChI is InChI=1S/C11H18N2S.ClH/c1-13-6-2-4-10(13)8-12-9-11-5-3-7-14-11;/h3,5,7,10,12H,2,4,6,8-9H2,1H3;1H. The first-order chi connectivity index (χ1) is 6.86. The highest BCUT2D eigenvalue weighted by molar-refractivity contribution is 7.09. The Morgan fingerprint density at radius 3 is 3.07 bits per heavy atom. The highest BCUT2D eigenvalue weighted by atomic mass is 35.5. The molecule has 1 aromatic rings. The molecule has 1 atom stereocenters. The molecule has 0 amide bonds. The minimum atomic E-state index is 0. The molecule has 1 fully saturated rings. The SMILES string of the molecule is CN1CCCC1CNCc1cccs1.Cl. The lowest BCUT2D eigenvalue weighted by molar-refractivity contribution is 0.300. The summed E-state index contributed by atoms with van der Waals surface area (Å²) in [6, 6.07) is 5.06. The number of rotatable bonds is 4. The van der Waals surface area contributed by atoms with Crippen LogP contribution in [0.25, 0.3) is 0 Å². The van der Waals surface area contributed by atoms with Gasteiger partial charge in [0.2, 0.25) is 0 Å². The van der Waals surface area contributed by atoms with Crippen LogP contribution in [0.3, 0.4) is 0 Å². The maximum atomic E-state index is 3.53. The van der Waals surface area contributed by atoms with E-state index in [1.165, 1.54) is 24.3 Å². The predicted octanol–water partition coefficient (Wildman–Crippen LogP) is 2.35. The third kappa shape index (κ3) is 3.76. The largest absolute Gasteiger partial charge is 0.310 e. The number of thiophene rings is 1. The molecular weight excluding hydrogens is 228 g/mol. The summed E-state index contributed by atoms with van der Waals surface area (Å²) in [7, 11) is 2.23. The maximum Gasteiger partial charge on any atom is 0.0300 e. The number of halogens is 1. The molecule has 1 unspecified atom stereocenters. The van der Waals surface area contributed by atoms with Gasteiger partial charge in [-0.1, -0.05) is 6.07 Å². The van der Waals surface area contributed by atoms with Gasteiger partial charge in [-0.2, -0.15) is 0 Å². The van der Waals surface area contributed by atoms with Gasteiger partial charge in [0.25, 0.3) is 0 Å². The Morgan fingerprint density at radius 1 is 1.60 bits per heavy atom. The maximum absolute atomic E-state index is 3.53. The molecule has 1 aliphatic heterocycles. The zero-order chi connectivity index (χ0) is 9.80. The summed E-state index contributed by atoms with van der Waals surface area (Å²) in [4.78, 5) is 3.90. The van der Waals surface area contributed by atoms with Crippen molar-refractivity contribution in [3.8, 4) is 0 Å². The molecule has 15 heavy (non-hydrogen) atoms. The van der Waals surface area contributed by atoms with Crippen LogP contribution in [0.15, 0.2) is 17.5 Å². The van der Waals surface area contributed by atoms with Crippen molar-refractivity contribution in [1.29, 1.82) is 0 Å². The number of likely N-dealkylation sites (tertiary alicyclic amines) is 1. The predicted molar refractivity (Wildman–Crippen MR) is 68.9 cm³/mol. The molecule has 0 saturated carbocycles. The lowest BCUT2D eigenvalue weighted by atomic mass is 10.2. The van der Waals surface area contributed by atoms with Crippen molar-refractivity contribution in [2.45, 2.75) is 25.4 Å². The fraction of sp³-hybridized carbons (Fsp3) is 0.636. The number of nitrogens with one attached hydrogen (secondary N) is 1. The summed E-state index contributed by atoms with van der Waals surface area (Å²) >= 11 is 1.83. The van der Waals surface area contributed by atoms with E-state index in [9.17, 15) is 0 Å². The lowest BCUT2D eigenvalue weighted by Crippen LogP contribution is -2.34. The van der Waals surface area contributed by atoms with Gasteiger partial charge in [0, 0.05) is 24.0 Å². The summed E-state index contributed by atoms with van der Waals surface area (Å²) in [6.45, 7) is 3.43. The molecule has 1 N–H and O–H groups in total. The van der Waals surface area contributed by atoms with Crippen molar-refractivity contribution in [1.82, 2.24) is 10.2 Å². The van der Waals surface area contributed by atoms with E-state index in [-0.39, 0.29) is 12.4 Å². The molecule has 86 valence electrons. The van der Waals surface area contributed by atoms with Gasteiger partial charge in [-0.15, -0.1) is 23.7 Å². The molecular formula is C11H19ClN2S. The van der Waals surface area contributed by atoms with Gasteiger partial charge in [0.15, 0.2) is 0 Å². The average molecular weight is 247 g/mol. The summed E-state index contributed by atoms with van der Waals surface area (Å²) in [5, 5.41) is 5.67. The molecule has 0 aliphatic carbocycles. The Hall–Kier alpha value is -0.0900. The molecule has 4 heteroatoms. The molecule has 0 spiro atoms. The van der Waals surface area contributed by atoms with Crippen LogP contribution in [0.1, 0.15) is 17.7 Å². The molecule has 2 rings (SSSR count). The highest BCUT2D eigenvalue weighted by Crippen LogP contribution is 2.14. The Balaban J connectivity index is 0.00000112. The molecule has 1 aliphatic rings. The fourth-order valence-corrected chi connectivity index (χ4v) is 2.69. The topological polar surface area (TPSA) is 15.3 Å². The van der Waals surface area contributed by atoms with E-state index in [0.717, 1.165) is 19.1 Å². The van der Waals surface area contributed by atoms with E-state index in [1.807, 2.05) is 11.3 Å². The van der Waals surface area contributed by atoms with Gasteiger partial charge >= 0.3 is 0 Å². The minimum Gasteiger partial charge on any atom is -0.310 e. The van der Waals surface area contributed by atoms with Gasteiger partial charge in [0.1, 0.15) is 0 Å². The first-order valence-electron chi connectivity index (χ1n) is 5.29. The van der Waals surface area contributed by atoms with Gasteiger partial charge in [-0.25, -0.2) is 0 Å². The van der Waals surface area contributed by atoms with E-state index >= 15 is 0 Å². The van der Waals surface area contributed by atoms with Crippen LogP contribution < -0.4 is 5.32 Å². The molecule has 1 saturated heterocycles. The van der Waals surface area contributed by atoms with Gasteiger partial charge in [0.05, 0.1) is 0 Å². The third-order valence-corrected chi connectivity index (χ3v) is 3.81. The number of likely N-dealkylation sites (N-methyl/N-ethyl adjacent to an activating group) is 1. The minimum absolute atomic E-state index is 0. The van der Waals surface area contributed by atoms with Crippen LogP contribution in [-0.4, -0.2) is 31.1 Å². The van der Waals surface area contributed by atoms with Crippen LogP contribution in [-0.2, 0) is 6.54 Å². The fourth-order valence-electron chi connectivity index (χ4n) is 2.01. The highest BCUT2D eigenvalue weighted by Gasteiger charge is 2.19. The summed E-state index contributed by atoms with van der Waals surface area (Å²) in [5.41, 5.74) is 0. The first kappa shape index (κ1) is 13.0. The second-order valence-electron chi connectivity index (χ2n) is 3.99. The van der Waals surface area contributed by atoms with Gasteiger partial charge in [-0.3, -0.25) is 0 Å². The second-order valence-corrected chi connectivity index (χ2v) is 5.02. The van der Waals surface area contributed by atoms with Crippen molar-refractivity contribution >= 4 is 23.7 Å². The number of hydrogen-bond acceptors (Lipinski definition) is 3. The van der Waals surface area contributed by atoms with Crippen LogP contribution in [0.2, 0.25) is 0 Å². The Labute approximate surface area is 102 Å². The molecule has 1 aromatic heterocycles. The third-order valence-electron chi connectivity index (χ3n) is 2.93. The molecule has 0 aromatic carbocycles. The van der Waals surface area contributed by atoms with Gasteiger partial charge < -0.3 is 10.2 Å². The van der Waals surface area contributed by atoms with E-state index in [4.69, 9.17) is 0 Å². The van der Waals surface area contributed by atoms with Crippen LogP contribution >= 0.6 is 23.7 Å². The average Bonchev–Trinajstić information content (AvgIpc) is 2.78. The molecule has 0 bridgehead atoms. The number of nitrogens with zero attached hydrogens (tertiary/aromatic N) is 1. The Morgan fingerprint density at radius 2 is 2.47 bits per heavy atom. The van der Waals surface area contributed by atoms with Crippen molar-refractivity contribution in [3.63, 3.8) is 0 Å². The Bertz CT molecular complexity index is 264. The summed E-state index contributed by atoms with van der Waals surface area (Å²) in [5.74, 6) is 0. The first-order valence-corrected chi connectivity index (χ1v) is 6.17. The van der Waals surface area contributed by atoms with E-state index in [1.54, 1.807) is 0 Å². The Kier molecular flexibility index (Phi) is 5.61. The summed E-state index contributed by atoms with van der Waals surface area (Å²) in [6.07, 6.45) is 2.72.